The van der Waals surface area contributed by atoms with Crippen molar-refractivity contribution >= 4 is 29.4 Å². The number of hydrogen-bond acceptors (Lipinski definition) is 9. The monoisotopic (exact) mass is 651 g/mol. The van der Waals surface area contributed by atoms with E-state index in [1.54, 1.807) is 11.0 Å². The number of carbonyl (C=O) groups excluding carboxylic acids is 3. The summed E-state index contributed by atoms with van der Waals surface area (Å²) in [5, 5.41) is 17.6. The number of benzene rings is 2. The van der Waals surface area contributed by atoms with Crippen LogP contribution in [0.1, 0.15) is 90.9 Å². The maximum absolute atomic E-state index is 13.1. The van der Waals surface area contributed by atoms with Crippen molar-refractivity contribution in [1.82, 2.24) is 25.1 Å². The maximum atomic E-state index is 13.1. The number of aromatic nitrogens is 2. The molecule has 1 atom stereocenters. The van der Waals surface area contributed by atoms with Crippen molar-refractivity contribution in [2.45, 2.75) is 89.1 Å². The Balaban J connectivity index is 0.915. The van der Waals surface area contributed by atoms with Crippen molar-refractivity contribution in [3.63, 3.8) is 0 Å². The summed E-state index contributed by atoms with van der Waals surface area (Å²) in [6, 6.07) is 14.1. The molecule has 5 heterocycles. The normalized spacial score (nSPS) is 21.8. The summed E-state index contributed by atoms with van der Waals surface area (Å²) in [4.78, 5) is 52.6. The summed E-state index contributed by atoms with van der Waals surface area (Å²) in [5.41, 5.74) is 4.89. The molecule has 252 valence electrons. The van der Waals surface area contributed by atoms with Crippen LogP contribution in [0, 0.1) is 0 Å². The van der Waals surface area contributed by atoms with Crippen LogP contribution in [0.15, 0.2) is 54.9 Å². The topological polar surface area (TPSA) is 131 Å². The second kappa shape index (κ2) is 13.3. The first-order valence-electron chi connectivity index (χ1n) is 17.3. The Morgan fingerprint density at radius 2 is 1.73 bits per heavy atom. The van der Waals surface area contributed by atoms with E-state index >= 15 is 0 Å². The summed E-state index contributed by atoms with van der Waals surface area (Å²) < 4.78 is 0. The van der Waals surface area contributed by atoms with Crippen LogP contribution in [-0.4, -0.2) is 80.9 Å². The molecule has 0 saturated carbocycles. The van der Waals surface area contributed by atoms with E-state index in [0.717, 1.165) is 62.3 Å². The van der Waals surface area contributed by atoms with Crippen LogP contribution >= 0.6 is 0 Å². The number of carbonyl (C=O) groups is 3. The van der Waals surface area contributed by atoms with E-state index in [4.69, 9.17) is 0 Å². The molecule has 4 aliphatic rings. The van der Waals surface area contributed by atoms with E-state index in [2.05, 4.69) is 68.5 Å². The van der Waals surface area contributed by atoms with Gasteiger partial charge in [0.15, 0.2) is 0 Å². The third-order valence-corrected chi connectivity index (χ3v) is 10.6. The van der Waals surface area contributed by atoms with Crippen molar-refractivity contribution in [3.8, 4) is 0 Å². The van der Waals surface area contributed by atoms with Crippen molar-refractivity contribution < 1.29 is 19.5 Å². The molecule has 11 nitrogen and oxygen atoms in total. The van der Waals surface area contributed by atoms with Gasteiger partial charge >= 0.3 is 0 Å². The van der Waals surface area contributed by atoms with Gasteiger partial charge < -0.3 is 20.2 Å². The number of imide groups is 1. The molecule has 0 spiro atoms. The predicted molar refractivity (Wildman–Crippen MR) is 182 cm³/mol. The Morgan fingerprint density at radius 3 is 2.44 bits per heavy atom. The molecule has 3 N–H and O–H groups in total. The average molecular weight is 652 g/mol. The zero-order valence-electron chi connectivity index (χ0n) is 27.8. The fourth-order valence-corrected chi connectivity index (χ4v) is 7.52. The fraction of sp³-hybridized carbons (Fsp3) is 0.486. The third-order valence-electron chi connectivity index (χ3n) is 10.6. The molecule has 48 heavy (non-hydrogen) atoms. The van der Waals surface area contributed by atoms with Crippen molar-refractivity contribution in [3.05, 3.63) is 82.7 Å². The van der Waals surface area contributed by atoms with Crippen LogP contribution in [0.3, 0.4) is 0 Å². The quantitative estimate of drug-likeness (QED) is 0.310. The van der Waals surface area contributed by atoms with E-state index in [1.807, 2.05) is 24.5 Å². The zero-order valence-corrected chi connectivity index (χ0v) is 27.8. The van der Waals surface area contributed by atoms with Gasteiger partial charge in [-0.25, -0.2) is 9.97 Å². The van der Waals surface area contributed by atoms with Gasteiger partial charge in [0.2, 0.25) is 17.8 Å². The highest BCUT2D eigenvalue weighted by Crippen LogP contribution is 2.37. The number of nitrogens with one attached hydrogen (secondary N) is 2. The van der Waals surface area contributed by atoms with E-state index in [0.29, 0.717) is 49.3 Å². The number of likely N-dealkylation sites (tertiary alicyclic amines) is 1. The van der Waals surface area contributed by atoms with Gasteiger partial charge in [0.25, 0.3) is 5.91 Å². The maximum Gasteiger partial charge on any atom is 0.255 e. The highest BCUT2D eigenvalue weighted by Gasteiger charge is 2.41. The molecule has 3 aromatic rings. The predicted octanol–water partition coefficient (Wildman–Crippen LogP) is 3.93. The Kier molecular flexibility index (Phi) is 8.91. The lowest BCUT2D eigenvalue weighted by molar-refractivity contribution is -0.136. The van der Waals surface area contributed by atoms with Gasteiger partial charge in [0, 0.05) is 75.4 Å². The van der Waals surface area contributed by atoms with Gasteiger partial charge in [-0.05, 0) is 78.5 Å². The largest absolute Gasteiger partial charge is 0.385 e. The number of rotatable bonds is 8. The molecule has 3 amide bonds. The van der Waals surface area contributed by atoms with Crippen LogP contribution in [0.4, 0.5) is 11.6 Å². The smallest absolute Gasteiger partial charge is 0.255 e. The number of hydrogen-bond donors (Lipinski definition) is 3. The summed E-state index contributed by atoms with van der Waals surface area (Å²) in [6.07, 6.45) is 7.64. The molecule has 1 unspecified atom stereocenters. The molecule has 1 aromatic heterocycles. The van der Waals surface area contributed by atoms with Gasteiger partial charge in [0.05, 0.1) is 5.60 Å². The zero-order chi connectivity index (χ0) is 33.4. The van der Waals surface area contributed by atoms with Crippen LogP contribution in [0.25, 0.3) is 0 Å². The Hall–Kier alpha value is -4.35. The lowest BCUT2D eigenvalue weighted by Crippen LogP contribution is -2.52. The number of fused-ring (bicyclic) bond motifs is 1. The minimum Gasteiger partial charge on any atom is -0.385 e. The van der Waals surface area contributed by atoms with Crippen molar-refractivity contribution in [2.24, 2.45) is 0 Å². The molecular weight excluding hydrogens is 606 g/mol. The first-order valence-corrected chi connectivity index (χ1v) is 17.3. The van der Waals surface area contributed by atoms with E-state index in [9.17, 15) is 19.5 Å². The molecule has 3 saturated heterocycles. The summed E-state index contributed by atoms with van der Waals surface area (Å²) >= 11 is 0. The minimum absolute atomic E-state index is 0.196. The van der Waals surface area contributed by atoms with E-state index in [-0.39, 0.29) is 18.2 Å². The summed E-state index contributed by atoms with van der Waals surface area (Å²) in [5.74, 6) is 0.214. The van der Waals surface area contributed by atoms with Crippen molar-refractivity contribution in [2.75, 3.05) is 36.4 Å². The summed E-state index contributed by atoms with van der Waals surface area (Å²) in [7, 11) is 0. The first-order chi connectivity index (χ1) is 23.1. The van der Waals surface area contributed by atoms with Gasteiger partial charge in [-0.15, -0.1) is 0 Å². The van der Waals surface area contributed by atoms with Crippen LogP contribution in [0.2, 0.25) is 0 Å². The third kappa shape index (κ3) is 6.66. The van der Waals surface area contributed by atoms with Gasteiger partial charge in [0.1, 0.15) is 6.04 Å². The highest BCUT2D eigenvalue weighted by atomic mass is 16.3. The molecular formula is C37H45N7O4. The van der Waals surface area contributed by atoms with E-state index < -0.39 is 17.6 Å². The molecule has 3 fully saturated rings. The lowest BCUT2D eigenvalue weighted by Gasteiger charge is -2.39. The number of piperidine rings is 3. The molecule has 2 aromatic carbocycles. The molecule has 4 aliphatic heterocycles. The van der Waals surface area contributed by atoms with Gasteiger partial charge in [-0.1, -0.05) is 38.1 Å². The fourth-order valence-electron chi connectivity index (χ4n) is 7.52. The molecule has 0 aliphatic carbocycles. The van der Waals surface area contributed by atoms with Crippen LogP contribution in [0.5, 0.6) is 0 Å². The van der Waals surface area contributed by atoms with Crippen LogP contribution in [-0.2, 0) is 28.3 Å². The second-order valence-electron chi connectivity index (χ2n) is 14.1. The molecule has 0 bridgehead atoms. The molecule has 11 heteroatoms. The number of aliphatic hydroxyl groups is 1. The van der Waals surface area contributed by atoms with Gasteiger partial charge in [-0.2, -0.15) is 0 Å². The first kappa shape index (κ1) is 32.2. The van der Waals surface area contributed by atoms with Gasteiger partial charge in [-0.3, -0.25) is 24.6 Å². The average Bonchev–Trinajstić information content (AvgIpc) is 3.41. The second-order valence-corrected chi connectivity index (χ2v) is 14.1. The Morgan fingerprint density at radius 1 is 0.979 bits per heavy atom. The highest BCUT2D eigenvalue weighted by molar-refractivity contribution is 6.05. The number of amides is 3. The molecule has 0 radical (unpaired) electrons. The molecule has 7 rings (SSSR count). The number of anilines is 2. The Labute approximate surface area is 281 Å². The standard InChI is InChI=1S/C37H45N7O4/c1-24(2)27-20-38-36(39-21-27)40-29-10-14-43(15-11-29)30-5-3-4-25(18-30)22-42-16-12-37(48,13-17-42)28-6-7-31-26(19-28)23-44(35(31)47)32-8-9-33(45)41-34(32)46/h3-7,18-21,24,29,32,48H,8-17,22-23H2,1-2H3,(H,38,39,40)(H,41,45,46). The number of nitrogens with zero attached hydrogens (tertiary/aromatic N) is 5. The SMILES string of the molecule is CC(C)c1cnc(NC2CCN(c3cccc(CN4CCC(O)(c5ccc6c(c5)CN(C5CCC(=O)NC5=O)C6=O)CC4)c3)CC2)nc1. The minimum atomic E-state index is -0.974. The summed E-state index contributed by atoms with van der Waals surface area (Å²) in [6.45, 7) is 8.89. The lowest BCUT2D eigenvalue weighted by atomic mass is 9.83. The van der Waals surface area contributed by atoms with Crippen LogP contribution < -0.4 is 15.5 Å². The Bertz CT molecular complexity index is 1680. The van der Waals surface area contributed by atoms with E-state index in [1.165, 1.54) is 11.3 Å². The van der Waals surface area contributed by atoms with Crippen molar-refractivity contribution in [1.29, 1.82) is 0 Å².